The van der Waals surface area contributed by atoms with Crippen LogP contribution in [0.2, 0.25) is 0 Å². The minimum atomic E-state index is -1.33. The van der Waals surface area contributed by atoms with Crippen LogP contribution in [-0.2, 0) is 4.74 Å². The summed E-state index contributed by atoms with van der Waals surface area (Å²) < 4.78 is 5.74. The highest BCUT2D eigenvalue weighted by Crippen LogP contribution is 2.45. The maximum absolute atomic E-state index is 12.7. The predicted octanol–water partition coefficient (Wildman–Crippen LogP) is 3.96. The average Bonchev–Trinajstić information content (AvgIpc) is 2.50. The number of hydrogen-bond acceptors (Lipinski definition) is 4. The third-order valence-electron chi connectivity index (χ3n) is 5.69. The van der Waals surface area contributed by atoms with Gasteiger partial charge in [-0.15, -0.1) is 0 Å². The maximum Gasteiger partial charge on any atom is 0.413 e. The summed E-state index contributed by atoms with van der Waals surface area (Å²) in [7, 11) is 0. The summed E-state index contributed by atoms with van der Waals surface area (Å²) in [6.07, 6.45) is 4.67. The molecular weight excluding hydrogens is 316 g/mol. The van der Waals surface area contributed by atoms with Gasteiger partial charge < -0.3 is 15.2 Å². The molecule has 2 atom stereocenters. The van der Waals surface area contributed by atoms with Crippen LogP contribution in [0.25, 0.3) is 0 Å². The van der Waals surface area contributed by atoms with Gasteiger partial charge in [-0.3, -0.25) is 4.90 Å². The number of allylic oxidation sites excluding steroid dienone is 2. The molecule has 0 aliphatic carbocycles. The molecule has 25 heavy (non-hydrogen) atoms. The minimum absolute atomic E-state index is 0.0565. The zero-order valence-corrected chi connectivity index (χ0v) is 17.2. The first-order valence-electron chi connectivity index (χ1n) is 9.37. The zero-order valence-electron chi connectivity index (χ0n) is 17.2. The van der Waals surface area contributed by atoms with Gasteiger partial charge in [-0.05, 0) is 81.1 Å². The van der Waals surface area contributed by atoms with Crippen molar-refractivity contribution in [3.8, 4) is 0 Å². The highest BCUT2D eigenvalue weighted by molar-refractivity contribution is 5.72. The molecule has 2 aliphatic heterocycles. The smallest absolute Gasteiger partial charge is 0.413 e. The van der Waals surface area contributed by atoms with E-state index < -0.39 is 17.4 Å². The molecule has 0 aromatic carbocycles. The number of hydrogen-bond donors (Lipinski definition) is 2. The highest BCUT2D eigenvalue weighted by Gasteiger charge is 2.61. The molecule has 5 nitrogen and oxygen atoms in total. The summed E-state index contributed by atoms with van der Waals surface area (Å²) in [6, 6.07) is -0.0565. The quantitative estimate of drug-likeness (QED) is 0.752. The molecule has 2 heterocycles. The van der Waals surface area contributed by atoms with Crippen molar-refractivity contribution in [1.29, 1.82) is 0 Å². The highest BCUT2D eigenvalue weighted by atomic mass is 16.6. The summed E-state index contributed by atoms with van der Waals surface area (Å²) in [5.41, 5.74) is -1.22. The summed E-state index contributed by atoms with van der Waals surface area (Å²) in [4.78, 5) is 14.3. The molecule has 2 N–H and O–H groups in total. The van der Waals surface area contributed by atoms with Crippen molar-refractivity contribution in [1.82, 2.24) is 10.2 Å². The van der Waals surface area contributed by atoms with Crippen molar-refractivity contribution < 1.29 is 14.6 Å². The largest absolute Gasteiger partial charge is 0.438 e. The first-order chi connectivity index (χ1) is 11.2. The lowest BCUT2D eigenvalue weighted by Gasteiger charge is -2.51. The fourth-order valence-corrected chi connectivity index (χ4v) is 4.65. The van der Waals surface area contributed by atoms with Gasteiger partial charge in [-0.25, -0.2) is 4.79 Å². The van der Waals surface area contributed by atoms with Crippen LogP contribution in [0.3, 0.4) is 0 Å². The molecule has 0 spiro atoms. The Balaban J connectivity index is 2.26. The molecule has 2 saturated heterocycles. The van der Waals surface area contributed by atoms with Crippen LogP contribution < -0.4 is 5.32 Å². The fourth-order valence-electron chi connectivity index (χ4n) is 4.65. The Morgan fingerprint density at radius 3 is 2.20 bits per heavy atom. The van der Waals surface area contributed by atoms with Gasteiger partial charge in [0.15, 0.2) is 11.3 Å². The standard InChI is InChI=1S/C20H36N2O3/c1-14(2)10-9-11-19(7)20(8,24)22(16(23)25-19)15-12-17(3,4)21-18(5,6)13-15/h10,15,21,24H,9,11-13H2,1-8H3/t19-,20+/m1/s1. The Morgan fingerprint density at radius 1 is 1.20 bits per heavy atom. The number of piperidine rings is 1. The zero-order chi connectivity index (χ0) is 19.3. The minimum Gasteiger partial charge on any atom is -0.438 e. The first kappa shape index (κ1) is 20.2. The average molecular weight is 353 g/mol. The number of nitrogens with one attached hydrogen (secondary N) is 1. The van der Waals surface area contributed by atoms with Gasteiger partial charge in [0.2, 0.25) is 0 Å². The summed E-state index contributed by atoms with van der Waals surface area (Å²) in [5, 5.41) is 15.0. The van der Waals surface area contributed by atoms with Gasteiger partial charge in [-0.2, -0.15) is 0 Å². The number of aliphatic hydroxyl groups is 1. The molecule has 2 aliphatic rings. The van der Waals surface area contributed by atoms with Gasteiger partial charge in [0.05, 0.1) is 0 Å². The van der Waals surface area contributed by atoms with E-state index in [9.17, 15) is 9.90 Å². The van der Waals surface area contributed by atoms with Crippen LogP contribution in [0, 0.1) is 0 Å². The van der Waals surface area contributed by atoms with E-state index >= 15 is 0 Å². The van der Waals surface area contributed by atoms with Crippen molar-refractivity contribution in [2.45, 2.75) is 110 Å². The lowest BCUT2D eigenvalue weighted by Crippen LogP contribution is -2.66. The monoisotopic (exact) mass is 352 g/mol. The number of cyclic esters (lactones) is 1. The van der Waals surface area contributed by atoms with Gasteiger partial charge in [0, 0.05) is 17.1 Å². The number of nitrogens with zero attached hydrogens (tertiary/aromatic N) is 1. The Kier molecular flexibility index (Phi) is 5.08. The third kappa shape index (κ3) is 4.03. The number of ether oxygens (including phenoxy) is 1. The van der Waals surface area contributed by atoms with E-state index in [1.165, 1.54) is 5.57 Å². The molecule has 0 radical (unpaired) electrons. The molecular formula is C20H36N2O3. The van der Waals surface area contributed by atoms with Crippen LogP contribution in [0.5, 0.6) is 0 Å². The molecule has 0 aromatic heterocycles. The van der Waals surface area contributed by atoms with E-state index in [0.29, 0.717) is 6.42 Å². The summed E-state index contributed by atoms with van der Waals surface area (Å²) in [5.74, 6) is 0. The van der Waals surface area contributed by atoms with Crippen molar-refractivity contribution in [3.05, 3.63) is 11.6 Å². The van der Waals surface area contributed by atoms with Crippen molar-refractivity contribution >= 4 is 6.09 Å². The van der Waals surface area contributed by atoms with Crippen LogP contribution in [0.4, 0.5) is 4.79 Å². The second-order valence-electron chi connectivity index (χ2n) is 9.76. The predicted molar refractivity (Wildman–Crippen MR) is 100 cm³/mol. The second-order valence-corrected chi connectivity index (χ2v) is 9.76. The molecule has 5 heteroatoms. The van der Waals surface area contributed by atoms with Crippen molar-refractivity contribution in [2.75, 3.05) is 0 Å². The fraction of sp³-hybridized carbons (Fsp3) is 0.850. The Hall–Kier alpha value is -1.07. The Labute approximate surface area is 152 Å². The third-order valence-corrected chi connectivity index (χ3v) is 5.69. The van der Waals surface area contributed by atoms with E-state index in [1.807, 2.05) is 20.8 Å². The van der Waals surface area contributed by atoms with Crippen LogP contribution >= 0.6 is 0 Å². The SMILES string of the molecule is CC(C)=CCC[C@@]1(C)OC(=O)N(C2CC(C)(C)NC(C)(C)C2)[C@@]1(C)O. The van der Waals surface area contributed by atoms with Gasteiger partial charge in [0.1, 0.15) is 0 Å². The van der Waals surface area contributed by atoms with E-state index in [1.54, 1.807) is 11.8 Å². The summed E-state index contributed by atoms with van der Waals surface area (Å²) in [6.45, 7) is 16.2. The van der Waals surface area contributed by atoms with E-state index in [4.69, 9.17) is 4.74 Å². The van der Waals surface area contributed by atoms with Crippen LogP contribution in [0.15, 0.2) is 11.6 Å². The number of rotatable bonds is 4. The Bertz CT molecular complexity index is 545. The summed E-state index contributed by atoms with van der Waals surface area (Å²) >= 11 is 0. The normalized spacial score (nSPS) is 34.8. The van der Waals surface area contributed by atoms with E-state index in [-0.39, 0.29) is 17.1 Å². The van der Waals surface area contributed by atoms with Crippen molar-refractivity contribution in [2.24, 2.45) is 0 Å². The van der Waals surface area contributed by atoms with Gasteiger partial charge in [0.25, 0.3) is 0 Å². The molecule has 0 aromatic rings. The lowest BCUT2D eigenvalue weighted by molar-refractivity contribution is -0.154. The molecule has 0 bridgehead atoms. The topological polar surface area (TPSA) is 61.8 Å². The second kappa shape index (κ2) is 6.27. The van der Waals surface area contributed by atoms with Crippen LogP contribution in [0.1, 0.15) is 81.1 Å². The molecule has 144 valence electrons. The Morgan fingerprint density at radius 2 is 1.72 bits per heavy atom. The first-order valence-corrected chi connectivity index (χ1v) is 9.37. The molecule has 0 unspecified atom stereocenters. The van der Waals surface area contributed by atoms with Gasteiger partial charge in [-0.1, -0.05) is 11.6 Å². The van der Waals surface area contributed by atoms with Crippen molar-refractivity contribution in [3.63, 3.8) is 0 Å². The van der Waals surface area contributed by atoms with Gasteiger partial charge >= 0.3 is 6.09 Å². The molecule has 2 rings (SSSR count). The number of carbonyl (C=O) groups excluding carboxylic acids is 1. The van der Waals surface area contributed by atoms with Crippen LogP contribution in [-0.4, -0.2) is 44.5 Å². The lowest BCUT2D eigenvalue weighted by atomic mass is 9.77. The maximum atomic E-state index is 12.7. The molecule has 0 saturated carbocycles. The van der Waals surface area contributed by atoms with E-state index in [2.05, 4.69) is 39.1 Å². The number of amides is 1. The molecule has 2 fully saturated rings. The van der Waals surface area contributed by atoms with E-state index in [0.717, 1.165) is 19.3 Å². The molecule has 1 amide bonds. The number of carbonyl (C=O) groups is 1.